The first-order valence-electron chi connectivity index (χ1n) is 7.17. The van der Waals surface area contributed by atoms with Gasteiger partial charge in [-0.1, -0.05) is 18.2 Å². The second-order valence-corrected chi connectivity index (χ2v) is 6.40. The molecule has 1 amide bonds. The number of quaternary nitrogens is 1. The molecule has 1 saturated heterocycles. The summed E-state index contributed by atoms with van der Waals surface area (Å²) in [6.45, 7) is 5.82. The van der Waals surface area contributed by atoms with E-state index in [1.807, 2.05) is 18.2 Å². The molecule has 1 heterocycles. The number of benzene rings is 1. The van der Waals surface area contributed by atoms with Gasteiger partial charge in [-0.25, -0.2) is 4.79 Å². The third-order valence-corrected chi connectivity index (χ3v) is 3.74. The molecule has 2 atom stereocenters. The van der Waals surface area contributed by atoms with E-state index in [-0.39, 0.29) is 4.48 Å². The van der Waals surface area contributed by atoms with Crippen molar-refractivity contribution in [2.24, 2.45) is 0 Å². The summed E-state index contributed by atoms with van der Waals surface area (Å²) < 4.78 is 5.27. The number of carbonyl (C=O) groups is 2. The van der Waals surface area contributed by atoms with Crippen molar-refractivity contribution in [3.63, 3.8) is 0 Å². The van der Waals surface area contributed by atoms with Gasteiger partial charge in [-0.05, 0) is 32.9 Å². The highest BCUT2D eigenvalue weighted by Gasteiger charge is 2.56. The quantitative estimate of drug-likeness (QED) is 0.850. The third kappa shape index (κ3) is 2.93. The Morgan fingerprint density at radius 3 is 2.38 bits per heavy atom. The Morgan fingerprint density at radius 2 is 1.86 bits per heavy atom. The molecule has 0 bridgehead atoms. The van der Waals surface area contributed by atoms with E-state index >= 15 is 0 Å². The van der Waals surface area contributed by atoms with Gasteiger partial charge in [-0.15, -0.1) is 0 Å². The number of para-hydroxylation sites is 1. The van der Waals surface area contributed by atoms with Crippen LogP contribution in [0, 0.1) is 0 Å². The molecule has 0 aliphatic carbocycles. The zero-order valence-electron chi connectivity index (χ0n) is 12.7. The van der Waals surface area contributed by atoms with Crippen LogP contribution in [0.3, 0.4) is 0 Å². The van der Waals surface area contributed by atoms with E-state index in [1.54, 1.807) is 32.9 Å². The molecule has 0 spiro atoms. The van der Waals surface area contributed by atoms with Crippen LogP contribution in [-0.2, 0) is 9.53 Å². The molecule has 0 saturated carbocycles. The molecule has 0 aromatic heterocycles. The predicted molar refractivity (Wildman–Crippen MR) is 80.0 cm³/mol. The number of aliphatic carboxylic acids is 1. The van der Waals surface area contributed by atoms with E-state index in [9.17, 15) is 14.7 Å². The number of carboxylic acid groups (broad SMARTS) is 1. The second-order valence-electron chi connectivity index (χ2n) is 6.40. The van der Waals surface area contributed by atoms with Crippen LogP contribution in [0.25, 0.3) is 0 Å². The maximum atomic E-state index is 12.8. The summed E-state index contributed by atoms with van der Waals surface area (Å²) >= 11 is 0. The van der Waals surface area contributed by atoms with Crippen molar-refractivity contribution in [2.75, 3.05) is 6.54 Å². The Hall–Kier alpha value is -1.88. The van der Waals surface area contributed by atoms with Crippen molar-refractivity contribution in [1.82, 2.24) is 4.48 Å². The summed E-state index contributed by atoms with van der Waals surface area (Å²) in [5.41, 5.74) is 0.0274. The second kappa shape index (κ2) is 5.48. The molecular formula is C16H22NO4+. The topological polar surface area (TPSA) is 63.6 Å². The van der Waals surface area contributed by atoms with Crippen LogP contribution in [0.15, 0.2) is 30.3 Å². The Balaban J connectivity index is 2.50. The van der Waals surface area contributed by atoms with Crippen molar-refractivity contribution < 1.29 is 19.4 Å². The Bertz CT molecular complexity index is 535. The maximum Gasteiger partial charge on any atom is 0.522 e. The van der Waals surface area contributed by atoms with Gasteiger partial charge >= 0.3 is 12.1 Å². The highest BCUT2D eigenvalue weighted by atomic mass is 16.6. The minimum atomic E-state index is -0.956. The van der Waals surface area contributed by atoms with Crippen LogP contribution in [0.1, 0.15) is 33.6 Å². The van der Waals surface area contributed by atoms with Gasteiger partial charge < -0.3 is 9.84 Å². The number of hydrogen-bond donors (Lipinski definition) is 1. The first-order valence-corrected chi connectivity index (χ1v) is 7.17. The molecule has 5 nitrogen and oxygen atoms in total. The first-order chi connectivity index (χ1) is 9.77. The van der Waals surface area contributed by atoms with Crippen molar-refractivity contribution in [3.05, 3.63) is 30.3 Å². The lowest BCUT2D eigenvalue weighted by molar-refractivity contribution is -0.141. The van der Waals surface area contributed by atoms with Crippen molar-refractivity contribution in [1.29, 1.82) is 0 Å². The summed E-state index contributed by atoms with van der Waals surface area (Å²) in [4.78, 5) is 24.4. The van der Waals surface area contributed by atoms with Crippen LogP contribution in [0.4, 0.5) is 10.5 Å². The summed E-state index contributed by atoms with van der Waals surface area (Å²) in [6, 6.07) is 8.28. The summed E-state index contributed by atoms with van der Waals surface area (Å²) in [5, 5.41) is 9.53. The van der Waals surface area contributed by atoms with Crippen LogP contribution in [-0.4, -0.2) is 35.4 Å². The Labute approximate surface area is 124 Å². The van der Waals surface area contributed by atoms with Gasteiger partial charge in [0.2, 0.25) is 6.04 Å². The van der Waals surface area contributed by atoms with E-state index in [4.69, 9.17) is 4.74 Å². The number of likely N-dealkylation sites (tertiary alicyclic amines) is 1. The highest BCUT2D eigenvalue weighted by molar-refractivity contribution is 5.91. The molecular weight excluding hydrogens is 270 g/mol. The van der Waals surface area contributed by atoms with Crippen LogP contribution in [0.2, 0.25) is 0 Å². The summed E-state index contributed by atoms with van der Waals surface area (Å²) in [7, 11) is 0. The van der Waals surface area contributed by atoms with E-state index in [2.05, 4.69) is 0 Å². The van der Waals surface area contributed by atoms with Crippen LogP contribution >= 0.6 is 0 Å². The monoisotopic (exact) mass is 292 g/mol. The predicted octanol–water partition coefficient (Wildman–Crippen LogP) is 3.18. The largest absolute Gasteiger partial charge is 0.522 e. The van der Waals surface area contributed by atoms with Gasteiger partial charge in [-0.2, -0.15) is 9.28 Å². The fourth-order valence-corrected chi connectivity index (χ4v) is 2.89. The van der Waals surface area contributed by atoms with E-state index < -0.39 is 23.7 Å². The van der Waals surface area contributed by atoms with E-state index in [0.717, 1.165) is 0 Å². The third-order valence-electron chi connectivity index (χ3n) is 3.74. The molecule has 114 valence electrons. The fourth-order valence-electron chi connectivity index (χ4n) is 2.89. The van der Waals surface area contributed by atoms with Gasteiger partial charge in [0.05, 0.1) is 6.54 Å². The lowest BCUT2D eigenvalue weighted by atomic mass is 10.1. The molecule has 1 aliphatic rings. The molecule has 1 aromatic rings. The van der Waals surface area contributed by atoms with Crippen molar-refractivity contribution in [3.8, 4) is 0 Å². The average molecular weight is 292 g/mol. The normalized spacial score (nSPS) is 25.6. The molecule has 1 aromatic carbocycles. The molecule has 1 fully saturated rings. The smallest absolute Gasteiger partial charge is 0.477 e. The molecule has 1 aliphatic heterocycles. The zero-order valence-corrected chi connectivity index (χ0v) is 12.7. The number of nitrogens with zero attached hydrogens (tertiary/aromatic N) is 1. The minimum Gasteiger partial charge on any atom is -0.477 e. The molecule has 5 heteroatoms. The number of ether oxygens (including phenoxy) is 1. The summed E-state index contributed by atoms with van der Waals surface area (Å²) in [5.74, 6) is -0.956. The molecule has 21 heavy (non-hydrogen) atoms. The SMILES string of the molecule is CC(C)(C)OC(=O)[N@@+]1(c2ccccc2)CCCC1C(=O)O. The van der Waals surface area contributed by atoms with Crippen molar-refractivity contribution >= 4 is 17.7 Å². The van der Waals surface area contributed by atoms with Gasteiger partial charge in [0.25, 0.3) is 0 Å². The first kappa shape index (κ1) is 15.5. The summed E-state index contributed by atoms with van der Waals surface area (Å²) in [6.07, 6.45) is 0.674. The average Bonchev–Trinajstić information content (AvgIpc) is 2.83. The van der Waals surface area contributed by atoms with Gasteiger partial charge in [-0.3, -0.25) is 0 Å². The molecule has 0 radical (unpaired) electrons. The molecule has 1 unspecified atom stereocenters. The number of amides is 1. The highest BCUT2D eigenvalue weighted by Crippen LogP contribution is 2.36. The molecule has 1 N–H and O–H groups in total. The standard InChI is InChI=1S/C16H21NO4/c1-16(2,3)21-15(20)17(12-8-5-4-6-9-12)11-7-10-13(17)14(18)19/h4-6,8-9,13H,7,10-11H2,1-3H3/p+1/t13?,17-/m1/s1. The van der Waals surface area contributed by atoms with Gasteiger partial charge in [0.1, 0.15) is 11.3 Å². The van der Waals surface area contributed by atoms with Gasteiger partial charge in [0, 0.05) is 12.8 Å². The minimum absolute atomic E-state index is 0.257. The zero-order chi connectivity index (χ0) is 15.7. The number of carbonyl (C=O) groups excluding carboxylic acids is 1. The fraction of sp³-hybridized carbons (Fsp3) is 0.500. The maximum absolute atomic E-state index is 12.8. The van der Waals surface area contributed by atoms with Crippen LogP contribution < -0.4 is 4.48 Å². The number of carboxylic acids is 1. The molecule has 2 rings (SSSR count). The Morgan fingerprint density at radius 1 is 1.24 bits per heavy atom. The lowest BCUT2D eigenvalue weighted by Gasteiger charge is -2.35. The Kier molecular flexibility index (Phi) is 4.05. The lowest BCUT2D eigenvalue weighted by Crippen LogP contribution is -2.61. The van der Waals surface area contributed by atoms with Crippen LogP contribution in [0.5, 0.6) is 0 Å². The van der Waals surface area contributed by atoms with E-state index in [1.165, 1.54) is 0 Å². The van der Waals surface area contributed by atoms with Gasteiger partial charge in [0.15, 0.2) is 0 Å². The number of rotatable bonds is 2. The number of hydrogen-bond acceptors (Lipinski definition) is 3. The van der Waals surface area contributed by atoms with E-state index in [0.29, 0.717) is 25.1 Å². The van der Waals surface area contributed by atoms with Crippen molar-refractivity contribution in [2.45, 2.75) is 45.3 Å².